The molecule has 0 aromatic carbocycles. The van der Waals surface area contributed by atoms with E-state index in [0.29, 0.717) is 6.61 Å². The topological polar surface area (TPSA) is 25.2 Å². The van der Waals surface area contributed by atoms with Gasteiger partial charge in [-0.3, -0.25) is 0 Å². The molecule has 1 aromatic heterocycles. The molecule has 1 aromatic rings. The van der Waals surface area contributed by atoms with E-state index < -0.39 is 0 Å². The van der Waals surface area contributed by atoms with Gasteiger partial charge in [-0.1, -0.05) is 0 Å². The molecule has 62 valence electrons. The first-order valence-electron chi connectivity index (χ1n) is 4.07. The molecular formula is C9H15NO. The molecule has 0 aliphatic heterocycles. The molecule has 1 rings (SSSR count). The summed E-state index contributed by atoms with van der Waals surface area (Å²) in [6.45, 7) is 3.43. The first-order chi connectivity index (χ1) is 5.34. The van der Waals surface area contributed by atoms with Crippen LogP contribution in [0.2, 0.25) is 0 Å². The fraction of sp³-hybridized carbons (Fsp3) is 0.556. The molecule has 0 fully saturated rings. The number of rotatable bonds is 4. The lowest BCUT2D eigenvalue weighted by Gasteiger charge is -2.03. The van der Waals surface area contributed by atoms with E-state index in [4.69, 9.17) is 5.11 Å². The third kappa shape index (κ3) is 2.39. The second-order valence-corrected chi connectivity index (χ2v) is 2.77. The first kappa shape index (κ1) is 8.34. The van der Waals surface area contributed by atoms with Crippen LogP contribution < -0.4 is 0 Å². The highest BCUT2D eigenvalue weighted by atomic mass is 16.2. The first-order valence-corrected chi connectivity index (χ1v) is 4.07. The van der Waals surface area contributed by atoms with Crippen LogP contribution in [0.15, 0.2) is 18.3 Å². The van der Waals surface area contributed by atoms with Gasteiger partial charge in [-0.15, -0.1) is 0 Å². The Kier molecular flexibility index (Phi) is 3.17. The smallest absolute Gasteiger partial charge is 0.0431 e. The number of aromatic nitrogens is 1. The summed E-state index contributed by atoms with van der Waals surface area (Å²) >= 11 is 0. The molecule has 0 saturated heterocycles. The SMILES string of the molecule is Cc1cccn1CCCCO. The highest BCUT2D eigenvalue weighted by Gasteiger charge is 1.93. The predicted octanol–water partition coefficient (Wildman–Crippen LogP) is 1.57. The molecule has 2 nitrogen and oxygen atoms in total. The van der Waals surface area contributed by atoms with Crippen molar-refractivity contribution >= 4 is 0 Å². The van der Waals surface area contributed by atoms with E-state index in [2.05, 4.69) is 23.8 Å². The van der Waals surface area contributed by atoms with Gasteiger partial charge < -0.3 is 9.67 Å². The zero-order valence-electron chi connectivity index (χ0n) is 6.95. The summed E-state index contributed by atoms with van der Waals surface area (Å²) in [5.74, 6) is 0. The Morgan fingerprint density at radius 3 is 2.82 bits per heavy atom. The summed E-state index contributed by atoms with van der Waals surface area (Å²) in [6, 6.07) is 4.15. The molecule has 2 heteroatoms. The average Bonchev–Trinajstić information content (AvgIpc) is 2.37. The van der Waals surface area contributed by atoms with Gasteiger partial charge in [0.05, 0.1) is 0 Å². The van der Waals surface area contributed by atoms with Gasteiger partial charge in [0, 0.05) is 25.0 Å². The second-order valence-electron chi connectivity index (χ2n) is 2.77. The lowest BCUT2D eigenvalue weighted by Crippen LogP contribution is -1.98. The van der Waals surface area contributed by atoms with E-state index >= 15 is 0 Å². The maximum atomic E-state index is 8.55. The normalized spacial score (nSPS) is 10.4. The third-order valence-electron chi connectivity index (χ3n) is 1.86. The van der Waals surface area contributed by atoms with Crippen molar-refractivity contribution in [2.45, 2.75) is 26.3 Å². The van der Waals surface area contributed by atoms with Crippen molar-refractivity contribution in [3.8, 4) is 0 Å². The molecular weight excluding hydrogens is 138 g/mol. The molecule has 0 saturated carbocycles. The molecule has 0 radical (unpaired) electrons. The Balaban J connectivity index is 2.32. The summed E-state index contributed by atoms with van der Waals surface area (Å²) in [5.41, 5.74) is 1.29. The Labute approximate surface area is 67.5 Å². The number of aliphatic hydroxyl groups excluding tert-OH is 1. The molecule has 1 heterocycles. The highest BCUT2D eigenvalue weighted by Crippen LogP contribution is 2.02. The van der Waals surface area contributed by atoms with Crippen LogP contribution in [-0.2, 0) is 6.54 Å². The van der Waals surface area contributed by atoms with Gasteiger partial charge in [-0.2, -0.15) is 0 Å². The Bertz CT molecular complexity index is 205. The quantitative estimate of drug-likeness (QED) is 0.652. The van der Waals surface area contributed by atoms with Crippen LogP contribution in [0, 0.1) is 6.92 Å². The fourth-order valence-corrected chi connectivity index (χ4v) is 1.14. The number of aryl methyl sites for hydroxylation is 2. The van der Waals surface area contributed by atoms with Crippen molar-refractivity contribution < 1.29 is 5.11 Å². The lowest BCUT2D eigenvalue weighted by molar-refractivity contribution is 0.281. The number of hydrogen-bond donors (Lipinski definition) is 1. The van der Waals surface area contributed by atoms with Gasteiger partial charge in [-0.05, 0) is 31.9 Å². The molecule has 0 atom stereocenters. The molecule has 0 amide bonds. The van der Waals surface area contributed by atoms with Crippen LogP contribution in [0.4, 0.5) is 0 Å². The standard InChI is InChI=1S/C9H15NO/c1-9-5-4-7-10(9)6-2-3-8-11/h4-5,7,11H,2-3,6,8H2,1H3. The minimum atomic E-state index is 0.306. The second kappa shape index (κ2) is 4.19. The van der Waals surface area contributed by atoms with E-state index in [1.807, 2.05) is 6.07 Å². The zero-order chi connectivity index (χ0) is 8.10. The van der Waals surface area contributed by atoms with Crippen LogP contribution in [-0.4, -0.2) is 16.3 Å². The van der Waals surface area contributed by atoms with Gasteiger partial charge >= 0.3 is 0 Å². The van der Waals surface area contributed by atoms with Crippen molar-refractivity contribution in [1.82, 2.24) is 4.57 Å². The van der Waals surface area contributed by atoms with E-state index in [1.165, 1.54) is 5.69 Å². The third-order valence-corrected chi connectivity index (χ3v) is 1.86. The largest absolute Gasteiger partial charge is 0.396 e. The Morgan fingerprint density at radius 1 is 1.45 bits per heavy atom. The molecule has 0 bridgehead atoms. The van der Waals surface area contributed by atoms with E-state index in [1.54, 1.807) is 0 Å². The van der Waals surface area contributed by atoms with Crippen LogP contribution in [0.25, 0.3) is 0 Å². The monoisotopic (exact) mass is 153 g/mol. The van der Waals surface area contributed by atoms with Gasteiger partial charge in [0.2, 0.25) is 0 Å². The summed E-state index contributed by atoms with van der Waals surface area (Å²) < 4.78 is 2.20. The van der Waals surface area contributed by atoms with E-state index in [0.717, 1.165) is 19.4 Å². The van der Waals surface area contributed by atoms with Gasteiger partial charge in [0.15, 0.2) is 0 Å². The Morgan fingerprint density at radius 2 is 2.27 bits per heavy atom. The minimum absolute atomic E-state index is 0.306. The average molecular weight is 153 g/mol. The maximum Gasteiger partial charge on any atom is 0.0431 e. The fourth-order valence-electron chi connectivity index (χ4n) is 1.14. The number of unbranched alkanes of at least 4 members (excludes halogenated alkanes) is 1. The molecule has 11 heavy (non-hydrogen) atoms. The lowest BCUT2D eigenvalue weighted by atomic mass is 10.3. The van der Waals surface area contributed by atoms with Crippen molar-refractivity contribution in [2.75, 3.05) is 6.61 Å². The Hall–Kier alpha value is -0.760. The van der Waals surface area contributed by atoms with Gasteiger partial charge in [0.1, 0.15) is 0 Å². The zero-order valence-corrected chi connectivity index (χ0v) is 6.95. The van der Waals surface area contributed by atoms with Crippen LogP contribution in [0.3, 0.4) is 0 Å². The summed E-state index contributed by atoms with van der Waals surface area (Å²) in [5, 5.41) is 8.55. The maximum absolute atomic E-state index is 8.55. The van der Waals surface area contributed by atoms with E-state index in [-0.39, 0.29) is 0 Å². The van der Waals surface area contributed by atoms with Crippen molar-refractivity contribution in [1.29, 1.82) is 0 Å². The van der Waals surface area contributed by atoms with Gasteiger partial charge in [-0.25, -0.2) is 0 Å². The van der Waals surface area contributed by atoms with Crippen molar-refractivity contribution in [3.05, 3.63) is 24.0 Å². The number of hydrogen-bond acceptors (Lipinski definition) is 1. The summed E-state index contributed by atoms with van der Waals surface area (Å²) in [6.07, 6.45) is 4.04. The van der Waals surface area contributed by atoms with Crippen LogP contribution in [0.5, 0.6) is 0 Å². The van der Waals surface area contributed by atoms with Crippen molar-refractivity contribution in [3.63, 3.8) is 0 Å². The van der Waals surface area contributed by atoms with Crippen LogP contribution in [0.1, 0.15) is 18.5 Å². The minimum Gasteiger partial charge on any atom is -0.396 e. The van der Waals surface area contributed by atoms with Gasteiger partial charge in [0.25, 0.3) is 0 Å². The molecule has 0 aliphatic carbocycles. The molecule has 0 aliphatic rings. The van der Waals surface area contributed by atoms with Crippen molar-refractivity contribution in [2.24, 2.45) is 0 Å². The molecule has 1 N–H and O–H groups in total. The molecule has 0 unspecified atom stereocenters. The number of nitrogens with zero attached hydrogens (tertiary/aromatic N) is 1. The highest BCUT2D eigenvalue weighted by molar-refractivity contribution is 5.03. The molecule has 0 spiro atoms. The summed E-state index contributed by atoms with van der Waals surface area (Å²) in [4.78, 5) is 0. The summed E-state index contributed by atoms with van der Waals surface area (Å²) in [7, 11) is 0. The van der Waals surface area contributed by atoms with E-state index in [9.17, 15) is 0 Å². The predicted molar refractivity (Wildman–Crippen MR) is 45.5 cm³/mol. The van der Waals surface area contributed by atoms with Crippen LogP contribution >= 0.6 is 0 Å². The number of aliphatic hydroxyl groups is 1.